The van der Waals surface area contributed by atoms with E-state index in [1.54, 1.807) is 11.2 Å². The summed E-state index contributed by atoms with van der Waals surface area (Å²) in [6.07, 6.45) is -1.84. The normalized spacial score (nSPS) is 16.0. The highest BCUT2D eigenvalue weighted by atomic mass is 35.5. The minimum absolute atomic E-state index is 0.00259. The molecular formula is C16H15ClF3N5OS. The molecule has 0 aliphatic carbocycles. The summed E-state index contributed by atoms with van der Waals surface area (Å²) >= 11 is 5.97. The fraction of sp³-hybridized carbons (Fsp3) is 0.312. The number of hydrogen-bond donors (Lipinski definition) is 2. The van der Waals surface area contributed by atoms with Crippen LogP contribution in [0.1, 0.15) is 11.1 Å². The van der Waals surface area contributed by atoms with Crippen LogP contribution in [0.3, 0.4) is 0 Å². The van der Waals surface area contributed by atoms with E-state index >= 15 is 0 Å². The number of benzene rings is 1. The highest BCUT2D eigenvalue weighted by molar-refractivity contribution is 7.85. The van der Waals surface area contributed by atoms with Crippen LogP contribution in [-0.2, 0) is 17.0 Å². The fourth-order valence-electron chi connectivity index (χ4n) is 2.63. The maximum Gasteiger partial charge on any atom is 0.416 e. The van der Waals surface area contributed by atoms with Crippen LogP contribution in [0, 0.1) is 5.41 Å². The number of nitrogens with one attached hydrogen (secondary N) is 2. The Labute approximate surface area is 160 Å². The lowest BCUT2D eigenvalue weighted by Crippen LogP contribution is -2.53. The largest absolute Gasteiger partial charge is 0.416 e. The Morgan fingerprint density at radius 1 is 1.37 bits per heavy atom. The van der Waals surface area contributed by atoms with Gasteiger partial charge in [-0.3, -0.25) is 4.21 Å². The van der Waals surface area contributed by atoms with Crippen LogP contribution >= 0.6 is 11.6 Å². The van der Waals surface area contributed by atoms with Crippen molar-refractivity contribution in [1.29, 1.82) is 5.41 Å². The third kappa shape index (κ3) is 4.22. The van der Waals surface area contributed by atoms with Gasteiger partial charge in [-0.2, -0.15) is 23.1 Å². The van der Waals surface area contributed by atoms with E-state index in [1.165, 1.54) is 12.1 Å². The first-order valence-corrected chi connectivity index (χ1v) is 9.78. The van der Waals surface area contributed by atoms with Crippen LogP contribution in [0.5, 0.6) is 0 Å². The number of alkyl halides is 3. The Morgan fingerprint density at radius 2 is 2.07 bits per heavy atom. The van der Waals surface area contributed by atoms with E-state index in [0.717, 1.165) is 18.3 Å². The van der Waals surface area contributed by atoms with Crippen LogP contribution in [0.4, 0.5) is 30.5 Å². The highest BCUT2D eigenvalue weighted by Crippen LogP contribution is 2.33. The van der Waals surface area contributed by atoms with Gasteiger partial charge in [-0.1, -0.05) is 6.07 Å². The smallest absolute Gasteiger partial charge is 0.353 e. The van der Waals surface area contributed by atoms with Gasteiger partial charge in [-0.15, -0.1) is 0 Å². The fourth-order valence-corrected chi connectivity index (χ4v) is 3.58. The van der Waals surface area contributed by atoms with E-state index in [0.29, 0.717) is 18.9 Å². The Morgan fingerprint density at radius 3 is 2.67 bits per heavy atom. The van der Waals surface area contributed by atoms with Gasteiger partial charge in [0.2, 0.25) is 5.28 Å². The molecule has 2 N–H and O–H groups in total. The zero-order valence-electron chi connectivity index (χ0n) is 14.0. The second-order valence-corrected chi connectivity index (χ2v) is 7.95. The van der Waals surface area contributed by atoms with Crippen molar-refractivity contribution in [2.24, 2.45) is 0 Å². The standard InChI is InChI=1S/C16H15ClF3N5OS/c1-27(26)11-7-25(8-11)14-12(6-21)13(23-15(17)24-14)22-10-4-2-3-9(5-10)16(18,19)20/h2-6,11,21H,7-8H2,1H3,(H,22,23,24). The second-order valence-electron chi connectivity index (χ2n) is 5.95. The molecular weight excluding hydrogens is 403 g/mol. The number of rotatable bonds is 5. The molecule has 0 radical (unpaired) electrons. The Balaban J connectivity index is 1.92. The number of hydrogen-bond acceptors (Lipinski definition) is 6. The quantitative estimate of drug-likeness (QED) is 0.575. The monoisotopic (exact) mass is 417 g/mol. The lowest BCUT2D eigenvalue weighted by Gasteiger charge is -2.39. The van der Waals surface area contributed by atoms with Crippen molar-refractivity contribution in [3.63, 3.8) is 0 Å². The van der Waals surface area contributed by atoms with Gasteiger partial charge in [0.1, 0.15) is 11.6 Å². The van der Waals surface area contributed by atoms with Crippen molar-refractivity contribution in [2.45, 2.75) is 11.4 Å². The van der Waals surface area contributed by atoms with E-state index in [9.17, 15) is 17.4 Å². The summed E-state index contributed by atoms with van der Waals surface area (Å²) in [4.78, 5) is 9.94. The van der Waals surface area contributed by atoms with Crippen molar-refractivity contribution < 1.29 is 17.4 Å². The first-order valence-electron chi connectivity index (χ1n) is 7.78. The first kappa shape index (κ1) is 19.6. The van der Waals surface area contributed by atoms with E-state index in [1.807, 2.05) is 0 Å². The van der Waals surface area contributed by atoms with Gasteiger partial charge in [-0.05, 0) is 29.8 Å². The van der Waals surface area contributed by atoms with Gasteiger partial charge in [0.05, 0.1) is 16.4 Å². The highest BCUT2D eigenvalue weighted by Gasteiger charge is 2.33. The Bertz CT molecular complexity index is 902. The van der Waals surface area contributed by atoms with E-state index < -0.39 is 22.5 Å². The van der Waals surface area contributed by atoms with Gasteiger partial charge in [-0.25, -0.2) is 0 Å². The second kappa shape index (κ2) is 7.43. The van der Waals surface area contributed by atoms with Gasteiger partial charge in [0, 0.05) is 42.0 Å². The zero-order chi connectivity index (χ0) is 19.8. The molecule has 0 amide bonds. The molecule has 0 bridgehead atoms. The molecule has 0 saturated carbocycles. The molecule has 2 aromatic rings. The van der Waals surface area contributed by atoms with Gasteiger partial charge >= 0.3 is 6.18 Å². The molecule has 11 heteroatoms. The van der Waals surface area contributed by atoms with Crippen LogP contribution in [0.15, 0.2) is 24.3 Å². The average Bonchev–Trinajstić information content (AvgIpc) is 2.52. The number of aromatic nitrogens is 2. The summed E-state index contributed by atoms with van der Waals surface area (Å²) in [7, 11) is -0.977. The molecule has 1 saturated heterocycles. The third-order valence-electron chi connectivity index (χ3n) is 4.11. The molecule has 0 spiro atoms. The van der Waals surface area contributed by atoms with Crippen molar-refractivity contribution in [2.75, 3.05) is 29.6 Å². The van der Waals surface area contributed by atoms with Crippen molar-refractivity contribution >= 4 is 45.9 Å². The predicted molar refractivity (Wildman–Crippen MR) is 99.7 cm³/mol. The molecule has 3 rings (SSSR count). The van der Waals surface area contributed by atoms with E-state index in [2.05, 4.69) is 15.3 Å². The number of halogens is 4. The Hall–Kier alpha value is -2.20. The molecule has 1 aliphatic rings. The molecule has 27 heavy (non-hydrogen) atoms. The summed E-state index contributed by atoms with van der Waals surface area (Å²) in [5.74, 6) is 0.501. The van der Waals surface area contributed by atoms with Gasteiger partial charge in [0.25, 0.3) is 0 Å². The molecule has 1 atom stereocenters. The Kier molecular flexibility index (Phi) is 5.38. The molecule has 1 fully saturated rings. The minimum Gasteiger partial charge on any atom is -0.353 e. The van der Waals surface area contributed by atoms with Gasteiger partial charge in [0.15, 0.2) is 0 Å². The van der Waals surface area contributed by atoms with E-state index in [4.69, 9.17) is 17.0 Å². The van der Waals surface area contributed by atoms with Crippen LogP contribution < -0.4 is 10.2 Å². The topological polar surface area (TPSA) is 82.0 Å². The molecule has 1 aromatic heterocycles. The molecule has 1 aromatic carbocycles. The average molecular weight is 418 g/mol. The SMILES string of the molecule is CS(=O)C1CN(c2nc(Cl)nc(Nc3cccc(C(F)(F)F)c3)c2C=N)C1. The van der Waals surface area contributed by atoms with E-state index in [-0.39, 0.29) is 27.6 Å². The summed E-state index contributed by atoms with van der Waals surface area (Å²) in [5, 5.41) is 10.3. The lowest BCUT2D eigenvalue weighted by molar-refractivity contribution is -0.137. The van der Waals surface area contributed by atoms with Crippen LogP contribution in [-0.4, -0.2) is 45.0 Å². The summed E-state index contributed by atoms with van der Waals surface area (Å²) < 4.78 is 50.2. The third-order valence-corrected chi connectivity index (χ3v) is 5.52. The summed E-state index contributed by atoms with van der Waals surface area (Å²) in [6.45, 7) is 0.973. The maximum absolute atomic E-state index is 12.9. The lowest BCUT2D eigenvalue weighted by atomic mass is 10.1. The number of nitrogens with zero attached hydrogens (tertiary/aromatic N) is 3. The first-order chi connectivity index (χ1) is 12.7. The summed E-state index contributed by atoms with van der Waals surface area (Å²) in [6, 6.07) is 4.64. The number of anilines is 3. The molecule has 2 heterocycles. The van der Waals surface area contributed by atoms with Crippen molar-refractivity contribution in [1.82, 2.24) is 9.97 Å². The molecule has 144 valence electrons. The van der Waals surface area contributed by atoms with Crippen molar-refractivity contribution in [3.8, 4) is 0 Å². The van der Waals surface area contributed by atoms with Crippen molar-refractivity contribution in [3.05, 3.63) is 40.7 Å². The van der Waals surface area contributed by atoms with Crippen LogP contribution in [0.2, 0.25) is 5.28 Å². The molecule has 1 unspecified atom stereocenters. The zero-order valence-corrected chi connectivity index (χ0v) is 15.6. The maximum atomic E-state index is 12.9. The molecule has 6 nitrogen and oxygen atoms in total. The summed E-state index contributed by atoms with van der Waals surface area (Å²) in [5.41, 5.74) is -0.359. The molecule has 1 aliphatic heterocycles. The van der Waals surface area contributed by atoms with Crippen LogP contribution in [0.25, 0.3) is 0 Å². The van der Waals surface area contributed by atoms with Gasteiger partial charge < -0.3 is 15.6 Å². The minimum atomic E-state index is -4.47. The predicted octanol–water partition coefficient (Wildman–Crippen LogP) is 3.46.